The molecule has 0 spiro atoms. The topological polar surface area (TPSA) is 49.3 Å². The second-order valence-corrected chi connectivity index (χ2v) is 3.73. The first-order chi connectivity index (χ1) is 6.48. The summed E-state index contributed by atoms with van der Waals surface area (Å²) in [6.07, 6.45) is 2.04. The highest BCUT2D eigenvalue weighted by atomic mass is 16.4. The van der Waals surface area contributed by atoms with Crippen molar-refractivity contribution < 1.29 is 9.90 Å². The van der Waals surface area contributed by atoms with E-state index in [1.165, 1.54) is 0 Å². The number of hydrogen-bond acceptors (Lipinski definition) is 2. The molecule has 0 aromatic rings. The molecule has 0 fully saturated rings. The van der Waals surface area contributed by atoms with E-state index in [1.807, 2.05) is 20.8 Å². The Bertz CT molecular complexity index is 207. The normalized spacial score (nSPS) is 11.4. The van der Waals surface area contributed by atoms with Crippen LogP contribution in [0, 0.1) is 0 Å². The number of rotatable bonds is 7. The van der Waals surface area contributed by atoms with Crippen LogP contribution in [0.4, 0.5) is 0 Å². The van der Waals surface area contributed by atoms with Crippen molar-refractivity contribution in [1.29, 1.82) is 0 Å². The van der Waals surface area contributed by atoms with Crippen molar-refractivity contribution in [2.24, 2.45) is 0 Å². The Balaban J connectivity index is 4.22. The van der Waals surface area contributed by atoms with Gasteiger partial charge in [-0.2, -0.15) is 0 Å². The van der Waals surface area contributed by atoms with Crippen LogP contribution in [0.15, 0.2) is 12.2 Å². The van der Waals surface area contributed by atoms with Gasteiger partial charge in [0.1, 0.15) is 5.54 Å². The zero-order chi connectivity index (χ0) is 11.2. The number of nitrogens with one attached hydrogen (secondary N) is 1. The minimum absolute atomic E-state index is 0.606. The molecular formula is C11H21NO2. The Morgan fingerprint density at radius 2 is 1.93 bits per heavy atom. The lowest BCUT2D eigenvalue weighted by molar-refractivity contribution is -0.145. The molecule has 0 heterocycles. The molecule has 0 saturated carbocycles. The first-order valence-corrected chi connectivity index (χ1v) is 5.11. The summed E-state index contributed by atoms with van der Waals surface area (Å²) in [5.41, 5.74) is 0.319. The maximum Gasteiger partial charge on any atom is 0.323 e. The van der Waals surface area contributed by atoms with Crippen LogP contribution in [-0.2, 0) is 4.79 Å². The van der Waals surface area contributed by atoms with Crippen LogP contribution in [0.25, 0.3) is 0 Å². The third kappa shape index (κ3) is 3.50. The summed E-state index contributed by atoms with van der Waals surface area (Å²) in [4.78, 5) is 11.1. The minimum atomic E-state index is -0.760. The van der Waals surface area contributed by atoms with Gasteiger partial charge in [0, 0.05) is 0 Å². The van der Waals surface area contributed by atoms with E-state index in [0.717, 1.165) is 12.0 Å². The molecule has 0 aromatic heterocycles. The molecule has 14 heavy (non-hydrogen) atoms. The van der Waals surface area contributed by atoms with Crippen molar-refractivity contribution in [3.05, 3.63) is 12.2 Å². The number of carboxylic acid groups (broad SMARTS) is 1. The fourth-order valence-electron chi connectivity index (χ4n) is 1.39. The Kier molecular flexibility index (Phi) is 5.46. The smallest absolute Gasteiger partial charge is 0.323 e. The predicted octanol–water partition coefficient (Wildman–Crippen LogP) is 2.19. The maximum absolute atomic E-state index is 11.1. The standard InChI is InChI=1S/C11H21NO2/c1-5-11(6-2,10(13)14)12-8-7-9(3)4/h12H,3,5-8H2,1-2,4H3,(H,13,14). The summed E-state index contributed by atoms with van der Waals surface area (Å²) in [5.74, 6) is -0.760. The molecule has 0 radical (unpaired) electrons. The molecule has 0 aliphatic rings. The number of carbonyl (C=O) groups is 1. The van der Waals surface area contributed by atoms with E-state index in [4.69, 9.17) is 5.11 Å². The summed E-state index contributed by atoms with van der Waals surface area (Å²) in [6, 6.07) is 0. The summed E-state index contributed by atoms with van der Waals surface area (Å²) >= 11 is 0. The van der Waals surface area contributed by atoms with Crippen LogP contribution in [0.3, 0.4) is 0 Å². The SMILES string of the molecule is C=C(C)CCNC(CC)(CC)C(=O)O. The van der Waals surface area contributed by atoms with Gasteiger partial charge in [0.2, 0.25) is 0 Å². The van der Waals surface area contributed by atoms with E-state index in [2.05, 4.69) is 11.9 Å². The highest BCUT2D eigenvalue weighted by Gasteiger charge is 2.33. The number of aliphatic carboxylic acids is 1. The van der Waals surface area contributed by atoms with Gasteiger partial charge in [-0.1, -0.05) is 19.4 Å². The average Bonchev–Trinajstić information content (AvgIpc) is 2.12. The molecular weight excluding hydrogens is 178 g/mol. The molecule has 0 aromatic carbocycles. The van der Waals surface area contributed by atoms with Gasteiger partial charge in [-0.3, -0.25) is 4.79 Å². The highest BCUT2D eigenvalue weighted by molar-refractivity contribution is 5.78. The van der Waals surface area contributed by atoms with Crippen molar-refractivity contribution in [3.8, 4) is 0 Å². The molecule has 0 rings (SSSR count). The molecule has 0 unspecified atom stereocenters. The number of carboxylic acids is 1. The highest BCUT2D eigenvalue weighted by Crippen LogP contribution is 2.15. The Morgan fingerprint density at radius 1 is 1.43 bits per heavy atom. The molecule has 3 heteroatoms. The fraction of sp³-hybridized carbons (Fsp3) is 0.727. The largest absolute Gasteiger partial charge is 0.480 e. The molecule has 0 atom stereocenters. The summed E-state index contributed by atoms with van der Waals surface area (Å²) in [5, 5.41) is 12.2. The van der Waals surface area contributed by atoms with Gasteiger partial charge in [-0.15, -0.1) is 6.58 Å². The zero-order valence-electron chi connectivity index (χ0n) is 9.39. The van der Waals surface area contributed by atoms with E-state index >= 15 is 0 Å². The lowest BCUT2D eigenvalue weighted by atomic mass is 9.93. The van der Waals surface area contributed by atoms with E-state index in [1.54, 1.807) is 0 Å². The molecule has 2 N–H and O–H groups in total. The first-order valence-electron chi connectivity index (χ1n) is 5.11. The Hall–Kier alpha value is -0.830. The summed E-state index contributed by atoms with van der Waals surface area (Å²) in [7, 11) is 0. The molecule has 0 aliphatic carbocycles. The van der Waals surface area contributed by atoms with Gasteiger partial charge in [0.25, 0.3) is 0 Å². The van der Waals surface area contributed by atoms with Crippen LogP contribution in [0.1, 0.15) is 40.0 Å². The monoisotopic (exact) mass is 199 g/mol. The zero-order valence-corrected chi connectivity index (χ0v) is 9.39. The van der Waals surface area contributed by atoms with Gasteiger partial charge >= 0.3 is 5.97 Å². The molecule has 0 amide bonds. The molecule has 82 valence electrons. The van der Waals surface area contributed by atoms with Crippen molar-refractivity contribution in [2.45, 2.75) is 45.6 Å². The average molecular weight is 199 g/mol. The minimum Gasteiger partial charge on any atom is -0.480 e. The van der Waals surface area contributed by atoms with Gasteiger partial charge < -0.3 is 10.4 Å². The third-order valence-electron chi connectivity index (χ3n) is 2.63. The van der Waals surface area contributed by atoms with Crippen LogP contribution < -0.4 is 5.32 Å². The van der Waals surface area contributed by atoms with Crippen LogP contribution in [-0.4, -0.2) is 23.2 Å². The Morgan fingerprint density at radius 3 is 2.21 bits per heavy atom. The summed E-state index contributed by atoms with van der Waals surface area (Å²) in [6.45, 7) is 10.2. The van der Waals surface area contributed by atoms with E-state index in [9.17, 15) is 4.79 Å². The van der Waals surface area contributed by atoms with Gasteiger partial charge in [0.15, 0.2) is 0 Å². The quantitative estimate of drug-likeness (QED) is 0.618. The lowest BCUT2D eigenvalue weighted by Crippen LogP contribution is -2.51. The molecule has 0 saturated heterocycles. The van der Waals surface area contributed by atoms with Crippen LogP contribution in [0.2, 0.25) is 0 Å². The van der Waals surface area contributed by atoms with E-state index in [-0.39, 0.29) is 0 Å². The fourth-order valence-corrected chi connectivity index (χ4v) is 1.39. The van der Waals surface area contributed by atoms with Gasteiger partial charge in [0.05, 0.1) is 0 Å². The predicted molar refractivity (Wildman–Crippen MR) is 58.4 cm³/mol. The second kappa shape index (κ2) is 5.81. The molecule has 3 nitrogen and oxygen atoms in total. The molecule has 0 aliphatic heterocycles. The van der Waals surface area contributed by atoms with Gasteiger partial charge in [-0.05, 0) is 32.7 Å². The van der Waals surface area contributed by atoms with E-state index < -0.39 is 11.5 Å². The first kappa shape index (κ1) is 13.2. The second-order valence-electron chi connectivity index (χ2n) is 3.73. The van der Waals surface area contributed by atoms with Crippen LogP contribution in [0.5, 0.6) is 0 Å². The Labute approximate surface area is 86.2 Å². The summed E-state index contributed by atoms with van der Waals surface area (Å²) < 4.78 is 0. The van der Waals surface area contributed by atoms with Gasteiger partial charge in [-0.25, -0.2) is 0 Å². The maximum atomic E-state index is 11.1. The van der Waals surface area contributed by atoms with Crippen LogP contribution >= 0.6 is 0 Å². The number of hydrogen-bond donors (Lipinski definition) is 2. The van der Waals surface area contributed by atoms with Crippen molar-refractivity contribution in [3.63, 3.8) is 0 Å². The third-order valence-corrected chi connectivity index (χ3v) is 2.63. The van der Waals surface area contributed by atoms with Crippen molar-refractivity contribution >= 4 is 5.97 Å². The van der Waals surface area contributed by atoms with Crippen molar-refractivity contribution in [2.75, 3.05) is 6.54 Å². The van der Waals surface area contributed by atoms with Crippen molar-refractivity contribution in [1.82, 2.24) is 5.32 Å². The molecule has 0 bridgehead atoms. The van der Waals surface area contributed by atoms with E-state index in [0.29, 0.717) is 19.4 Å². The lowest BCUT2D eigenvalue weighted by Gasteiger charge is -2.28.